The Morgan fingerprint density at radius 3 is 2.38 bits per heavy atom. The van der Waals surface area contributed by atoms with Gasteiger partial charge in [-0.25, -0.2) is 0 Å². The highest BCUT2D eigenvalue weighted by Crippen LogP contribution is 2.24. The van der Waals surface area contributed by atoms with E-state index in [0.717, 1.165) is 5.75 Å². The van der Waals surface area contributed by atoms with Gasteiger partial charge < -0.3 is 15.2 Å². The maximum Gasteiger partial charge on any atom is 0.119 e. The lowest BCUT2D eigenvalue weighted by Gasteiger charge is -2.20. The van der Waals surface area contributed by atoms with E-state index in [1.54, 1.807) is 0 Å². The highest BCUT2D eigenvalue weighted by Gasteiger charge is 2.16. The van der Waals surface area contributed by atoms with Crippen molar-refractivity contribution in [1.82, 2.24) is 5.32 Å². The van der Waals surface area contributed by atoms with Crippen LogP contribution in [0.2, 0.25) is 0 Å². The molecule has 3 heteroatoms. The molecule has 0 bridgehead atoms. The third-order valence-corrected chi connectivity index (χ3v) is 4.16. The SMILES string of the molecule is CC(C)(C)c1ccc(OC[C@H](O)CNC2CCCC2)cc1. The van der Waals surface area contributed by atoms with Gasteiger partial charge in [-0.05, 0) is 36.0 Å². The van der Waals surface area contributed by atoms with Gasteiger partial charge in [0.1, 0.15) is 18.5 Å². The van der Waals surface area contributed by atoms with Crippen LogP contribution in [-0.2, 0) is 5.41 Å². The molecule has 0 aromatic heterocycles. The number of benzene rings is 1. The summed E-state index contributed by atoms with van der Waals surface area (Å²) >= 11 is 0. The third-order valence-electron chi connectivity index (χ3n) is 4.16. The lowest BCUT2D eigenvalue weighted by Crippen LogP contribution is -2.36. The summed E-state index contributed by atoms with van der Waals surface area (Å²) in [6.45, 7) is 7.54. The molecule has 0 amide bonds. The molecule has 0 aliphatic heterocycles. The third kappa shape index (κ3) is 5.33. The number of rotatable bonds is 6. The van der Waals surface area contributed by atoms with Crippen LogP contribution in [0.25, 0.3) is 0 Å². The van der Waals surface area contributed by atoms with E-state index in [0.29, 0.717) is 19.2 Å². The van der Waals surface area contributed by atoms with Crippen LogP contribution in [0.3, 0.4) is 0 Å². The van der Waals surface area contributed by atoms with Crippen molar-refractivity contribution in [2.75, 3.05) is 13.2 Å². The minimum atomic E-state index is -0.451. The topological polar surface area (TPSA) is 41.5 Å². The van der Waals surface area contributed by atoms with Crippen molar-refractivity contribution in [3.63, 3.8) is 0 Å². The summed E-state index contributed by atoms with van der Waals surface area (Å²) in [4.78, 5) is 0. The Bertz CT molecular complexity index is 416. The Balaban J connectivity index is 1.71. The summed E-state index contributed by atoms with van der Waals surface area (Å²) in [5.74, 6) is 0.822. The molecule has 3 nitrogen and oxygen atoms in total. The zero-order valence-electron chi connectivity index (χ0n) is 13.6. The van der Waals surface area contributed by atoms with E-state index in [9.17, 15) is 5.11 Å². The normalized spacial score (nSPS) is 17.9. The first-order valence-corrected chi connectivity index (χ1v) is 8.10. The lowest BCUT2D eigenvalue weighted by molar-refractivity contribution is 0.104. The maximum atomic E-state index is 9.97. The lowest BCUT2D eigenvalue weighted by atomic mass is 9.87. The summed E-state index contributed by atoms with van der Waals surface area (Å²) in [5.41, 5.74) is 1.45. The molecular formula is C18H29NO2. The molecule has 1 saturated carbocycles. The second-order valence-electron chi connectivity index (χ2n) is 7.13. The molecule has 1 aromatic rings. The molecule has 118 valence electrons. The largest absolute Gasteiger partial charge is 0.491 e. The van der Waals surface area contributed by atoms with E-state index in [4.69, 9.17) is 4.74 Å². The number of hydrogen-bond donors (Lipinski definition) is 2. The molecular weight excluding hydrogens is 262 g/mol. The van der Waals surface area contributed by atoms with Crippen molar-refractivity contribution in [2.45, 2.75) is 64.0 Å². The first kappa shape index (κ1) is 16.3. The van der Waals surface area contributed by atoms with Crippen LogP contribution in [0.4, 0.5) is 0 Å². The predicted molar refractivity (Wildman–Crippen MR) is 86.9 cm³/mol. The molecule has 0 radical (unpaired) electrons. The smallest absolute Gasteiger partial charge is 0.119 e. The summed E-state index contributed by atoms with van der Waals surface area (Å²) in [5, 5.41) is 13.4. The maximum absolute atomic E-state index is 9.97. The van der Waals surface area contributed by atoms with E-state index in [1.165, 1.54) is 31.2 Å². The second-order valence-corrected chi connectivity index (χ2v) is 7.13. The van der Waals surface area contributed by atoms with Crippen LogP contribution in [0.1, 0.15) is 52.0 Å². The minimum absolute atomic E-state index is 0.156. The predicted octanol–water partition coefficient (Wildman–Crippen LogP) is 3.26. The van der Waals surface area contributed by atoms with Crippen LogP contribution in [0, 0.1) is 0 Å². The van der Waals surface area contributed by atoms with Gasteiger partial charge in [-0.3, -0.25) is 0 Å². The monoisotopic (exact) mass is 291 g/mol. The van der Waals surface area contributed by atoms with Gasteiger partial charge in [0.15, 0.2) is 0 Å². The molecule has 2 rings (SSSR count). The Kier molecular flexibility index (Phi) is 5.65. The minimum Gasteiger partial charge on any atom is -0.491 e. The zero-order chi connectivity index (χ0) is 15.3. The highest BCUT2D eigenvalue weighted by molar-refractivity contribution is 5.31. The Labute approximate surface area is 128 Å². The summed E-state index contributed by atoms with van der Waals surface area (Å²) in [7, 11) is 0. The molecule has 1 aromatic carbocycles. The Hall–Kier alpha value is -1.06. The number of hydrogen-bond acceptors (Lipinski definition) is 3. The molecule has 1 atom stereocenters. The average Bonchev–Trinajstić information content (AvgIpc) is 2.95. The zero-order valence-corrected chi connectivity index (χ0v) is 13.6. The first-order chi connectivity index (χ1) is 9.95. The van der Waals surface area contributed by atoms with Crippen LogP contribution < -0.4 is 10.1 Å². The molecule has 0 spiro atoms. The first-order valence-electron chi connectivity index (χ1n) is 8.10. The fourth-order valence-electron chi connectivity index (χ4n) is 2.74. The van der Waals surface area contributed by atoms with Gasteiger partial charge in [-0.2, -0.15) is 0 Å². The Morgan fingerprint density at radius 1 is 1.19 bits per heavy atom. The van der Waals surface area contributed by atoms with Crippen LogP contribution >= 0.6 is 0 Å². The van der Waals surface area contributed by atoms with Gasteiger partial charge in [0.2, 0.25) is 0 Å². The summed E-state index contributed by atoms with van der Waals surface area (Å²) in [6.07, 6.45) is 4.64. The quantitative estimate of drug-likeness (QED) is 0.845. The fraction of sp³-hybridized carbons (Fsp3) is 0.667. The van der Waals surface area contributed by atoms with Crippen LogP contribution in [0.15, 0.2) is 24.3 Å². The van der Waals surface area contributed by atoms with Gasteiger partial charge in [-0.15, -0.1) is 0 Å². The second kappa shape index (κ2) is 7.28. The number of ether oxygens (including phenoxy) is 1. The Morgan fingerprint density at radius 2 is 1.81 bits per heavy atom. The molecule has 1 fully saturated rings. The van der Waals surface area contributed by atoms with Crippen molar-refractivity contribution in [3.8, 4) is 5.75 Å². The highest BCUT2D eigenvalue weighted by atomic mass is 16.5. The molecule has 1 aliphatic carbocycles. The van der Waals surface area contributed by atoms with Gasteiger partial charge in [-0.1, -0.05) is 45.7 Å². The van der Waals surface area contributed by atoms with Crippen molar-refractivity contribution < 1.29 is 9.84 Å². The van der Waals surface area contributed by atoms with Crippen molar-refractivity contribution in [2.24, 2.45) is 0 Å². The molecule has 0 saturated heterocycles. The standard InChI is InChI=1S/C18H29NO2/c1-18(2,3)14-8-10-17(11-9-14)21-13-16(20)12-19-15-6-4-5-7-15/h8-11,15-16,19-20H,4-7,12-13H2,1-3H3/t16-/m1/s1. The van der Waals surface area contributed by atoms with Gasteiger partial charge >= 0.3 is 0 Å². The van der Waals surface area contributed by atoms with Gasteiger partial charge in [0.05, 0.1) is 0 Å². The van der Waals surface area contributed by atoms with E-state index >= 15 is 0 Å². The summed E-state index contributed by atoms with van der Waals surface area (Å²) < 4.78 is 5.66. The van der Waals surface area contributed by atoms with E-state index < -0.39 is 6.10 Å². The summed E-state index contributed by atoms with van der Waals surface area (Å²) in [6, 6.07) is 8.75. The van der Waals surface area contributed by atoms with Crippen molar-refractivity contribution >= 4 is 0 Å². The fourth-order valence-corrected chi connectivity index (χ4v) is 2.74. The van der Waals surface area contributed by atoms with Gasteiger partial charge in [0, 0.05) is 12.6 Å². The molecule has 1 aliphatic rings. The molecule has 21 heavy (non-hydrogen) atoms. The number of aliphatic hydroxyl groups is 1. The van der Waals surface area contributed by atoms with E-state index in [1.807, 2.05) is 12.1 Å². The average molecular weight is 291 g/mol. The van der Waals surface area contributed by atoms with E-state index in [-0.39, 0.29) is 5.41 Å². The van der Waals surface area contributed by atoms with Gasteiger partial charge in [0.25, 0.3) is 0 Å². The molecule has 0 heterocycles. The van der Waals surface area contributed by atoms with Crippen LogP contribution in [0.5, 0.6) is 5.75 Å². The van der Waals surface area contributed by atoms with Crippen molar-refractivity contribution in [3.05, 3.63) is 29.8 Å². The van der Waals surface area contributed by atoms with Crippen molar-refractivity contribution in [1.29, 1.82) is 0 Å². The number of aliphatic hydroxyl groups excluding tert-OH is 1. The van der Waals surface area contributed by atoms with E-state index in [2.05, 4.69) is 38.2 Å². The van der Waals surface area contributed by atoms with Crippen LogP contribution in [-0.4, -0.2) is 30.4 Å². The number of nitrogens with one attached hydrogen (secondary N) is 1. The molecule has 2 N–H and O–H groups in total. The molecule has 0 unspecified atom stereocenters.